The molecule has 0 spiro atoms. The molecule has 0 unspecified atom stereocenters. The topological polar surface area (TPSA) is 0 Å². The smallest absolute Gasteiger partial charge is 0.0361 e. The van der Waals surface area contributed by atoms with Crippen LogP contribution in [0.1, 0.15) is 18.4 Å². The van der Waals surface area contributed by atoms with Gasteiger partial charge >= 0.3 is 0 Å². The highest BCUT2D eigenvalue weighted by Crippen LogP contribution is 2.47. The maximum absolute atomic E-state index is 2.47. The Hall–Kier alpha value is -6.06. The number of fused-ring (bicyclic) bond motifs is 11. The molecule has 0 radical (unpaired) electrons. The van der Waals surface area contributed by atoms with Crippen LogP contribution in [0.2, 0.25) is 0 Å². The Balaban J connectivity index is 1.08. The molecular weight excluding hydrogens is 689 g/mol. The van der Waals surface area contributed by atoms with Crippen molar-refractivity contribution in [2.75, 3.05) is 0 Å². The Kier molecular flexibility index (Phi) is 6.60. The summed E-state index contributed by atoms with van der Waals surface area (Å²) in [7, 11) is 0. The van der Waals surface area contributed by atoms with Gasteiger partial charge in [-0.25, -0.2) is 0 Å². The first kappa shape index (κ1) is 30.4. The van der Waals surface area contributed by atoms with Gasteiger partial charge in [0.25, 0.3) is 0 Å². The fourth-order valence-corrected chi connectivity index (χ4v) is 11.6. The Morgan fingerprint density at radius 1 is 0.389 bits per heavy atom. The van der Waals surface area contributed by atoms with E-state index in [0.717, 1.165) is 12.8 Å². The molecule has 0 nitrogen and oxygen atoms in total. The minimum atomic E-state index is 1.07. The van der Waals surface area contributed by atoms with Gasteiger partial charge in [0.2, 0.25) is 0 Å². The minimum Gasteiger partial charge on any atom is -0.135 e. The van der Waals surface area contributed by atoms with Crippen molar-refractivity contribution in [2.24, 2.45) is 0 Å². The molecule has 11 aromatic rings. The van der Waals surface area contributed by atoms with Crippen LogP contribution >= 0.6 is 22.7 Å². The first-order chi connectivity index (χ1) is 26.8. The lowest BCUT2D eigenvalue weighted by Crippen LogP contribution is -1.96. The summed E-state index contributed by atoms with van der Waals surface area (Å²) in [5.74, 6) is 0. The highest BCUT2D eigenvalue weighted by molar-refractivity contribution is 7.26. The van der Waals surface area contributed by atoms with Gasteiger partial charge in [0, 0.05) is 40.3 Å². The summed E-state index contributed by atoms with van der Waals surface area (Å²) in [6, 6.07) is 57.3. The van der Waals surface area contributed by atoms with Gasteiger partial charge in [0.15, 0.2) is 0 Å². The molecule has 0 saturated heterocycles. The van der Waals surface area contributed by atoms with E-state index in [1.54, 1.807) is 0 Å². The molecule has 9 aromatic carbocycles. The van der Waals surface area contributed by atoms with Gasteiger partial charge in [-0.2, -0.15) is 0 Å². The van der Waals surface area contributed by atoms with Gasteiger partial charge in [-0.3, -0.25) is 0 Å². The predicted molar refractivity (Wildman–Crippen MR) is 239 cm³/mol. The van der Waals surface area contributed by atoms with Crippen molar-refractivity contribution in [3.05, 3.63) is 175 Å². The number of benzene rings is 9. The van der Waals surface area contributed by atoms with Gasteiger partial charge in [0.1, 0.15) is 0 Å². The molecule has 1 aliphatic carbocycles. The first-order valence-corrected chi connectivity index (χ1v) is 20.4. The van der Waals surface area contributed by atoms with Crippen molar-refractivity contribution in [3.8, 4) is 22.3 Å². The molecule has 0 atom stereocenters. The summed E-state index contributed by atoms with van der Waals surface area (Å²) in [5, 5.41) is 15.9. The van der Waals surface area contributed by atoms with E-state index in [-0.39, 0.29) is 0 Å². The third-order valence-corrected chi connectivity index (χ3v) is 14.0. The van der Waals surface area contributed by atoms with Crippen LogP contribution in [0.15, 0.2) is 170 Å². The fourth-order valence-electron chi connectivity index (χ4n) is 9.33. The largest absolute Gasteiger partial charge is 0.135 e. The van der Waals surface area contributed by atoms with Crippen LogP contribution in [0, 0.1) is 0 Å². The highest BCUT2D eigenvalue weighted by Gasteiger charge is 2.20. The van der Waals surface area contributed by atoms with Crippen LogP contribution in [-0.2, 0) is 0 Å². The molecule has 252 valence electrons. The second-order valence-corrected chi connectivity index (χ2v) is 16.8. The van der Waals surface area contributed by atoms with Crippen LogP contribution in [0.3, 0.4) is 0 Å². The van der Waals surface area contributed by atoms with Crippen LogP contribution in [0.4, 0.5) is 0 Å². The zero-order chi connectivity index (χ0) is 35.3. The molecule has 2 aromatic heterocycles. The van der Waals surface area contributed by atoms with Crippen LogP contribution in [0.5, 0.6) is 0 Å². The fraction of sp³-hybridized carbons (Fsp3) is 0.0385. The van der Waals surface area contributed by atoms with Crippen molar-refractivity contribution < 1.29 is 0 Å². The predicted octanol–water partition coefficient (Wildman–Crippen LogP) is 16.1. The molecule has 0 bridgehead atoms. The quantitative estimate of drug-likeness (QED) is 0.159. The molecule has 0 aliphatic heterocycles. The summed E-state index contributed by atoms with van der Waals surface area (Å²) < 4.78 is 5.38. The summed E-state index contributed by atoms with van der Waals surface area (Å²) in [4.78, 5) is 0. The van der Waals surface area contributed by atoms with E-state index < -0.39 is 0 Å². The van der Waals surface area contributed by atoms with Gasteiger partial charge in [-0.1, -0.05) is 133 Å². The molecule has 0 saturated carbocycles. The second-order valence-electron chi connectivity index (χ2n) is 14.6. The monoisotopic (exact) mass is 720 g/mol. The van der Waals surface area contributed by atoms with Crippen LogP contribution < -0.4 is 0 Å². The van der Waals surface area contributed by atoms with Gasteiger partial charge in [0.05, 0.1) is 0 Å². The summed E-state index contributed by atoms with van der Waals surface area (Å²) in [6.07, 6.45) is 8.98. The number of rotatable bonds is 3. The van der Waals surface area contributed by atoms with Crippen molar-refractivity contribution in [2.45, 2.75) is 12.8 Å². The summed E-state index contributed by atoms with van der Waals surface area (Å²) >= 11 is 3.80. The van der Waals surface area contributed by atoms with Crippen molar-refractivity contribution in [1.82, 2.24) is 0 Å². The third kappa shape index (κ3) is 4.42. The highest BCUT2D eigenvalue weighted by atomic mass is 32.1. The standard InChI is InChI=1S/C52H32S2/c1-2-12-31(13-3-1)50-37-16-6-8-18-39(37)51(40-19-9-7-17-38(40)50)41-25-24-34(35-14-4-5-15-36(35)41)32-22-26-47-44(28-32)45-30-43-33(29-49(45)54-47)23-27-48-52(43)42-20-10-11-21-46(42)53-48/h1-2,4-12,14-30H,3,13H2. The van der Waals surface area contributed by atoms with Crippen LogP contribution in [-0.4, -0.2) is 0 Å². The molecule has 0 amide bonds. The number of allylic oxidation sites excluding steroid dienone is 4. The van der Waals surface area contributed by atoms with Crippen molar-refractivity contribution in [3.63, 3.8) is 0 Å². The molecule has 2 heterocycles. The normalized spacial score (nSPS) is 13.4. The molecule has 1 aliphatic rings. The van der Waals surface area contributed by atoms with E-state index in [1.165, 1.54) is 117 Å². The van der Waals surface area contributed by atoms with E-state index in [0.29, 0.717) is 0 Å². The van der Waals surface area contributed by atoms with Gasteiger partial charge in [-0.05, 0) is 126 Å². The molecular formula is C52H32S2. The lowest BCUT2D eigenvalue weighted by Gasteiger charge is -2.21. The Morgan fingerprint density at radius 3 is 1.72 bits per heavy atom. The number of hydrogen-bond acceptors (Lipinski definition) is 2. The van der Waals surface area contributed by atoms with Crippen LogP contribution in [0.25, 0.3) is 111 Å². The Bertz CT molecular complexity index is 3380. The van der Waals surface area contributed by atoms with Gasteiger partial charge in [-0.15, -0.1) is 22.7 Å². The molecule has 54 heavy (non-hydrogen) atoms. The summed E-state index contributed by atoms with van der Waals surface area (Å²) in [5.41, 5.74) is 7.93. The average molecular weight is 721 g/mol. The van der Waals surface area contributed by atoms with E-state index in [1.807, 2.05) is 22.7 Å². The lowest BCUT2D eigenvalue weighted by atomic mass is 9.82. The van der Waals surface area contributed by atoms with E-state index in [9.17, 15) is 0 Å². The van der Waals surface area contributed by atoms with E-state index >= 15 is 0 Å². The maximum atomic E-state index is 2.47. The van der Waals surface area contributed by atoms with Crippen molar-refractivity contribution >= 4 is 112 Å². The third-order valence-electron chi connectivity index (χ3n) is 11.7. The van der Waals surface area contributed by atoms with Gasteiger partial charge < -0.3 is 0 Å². The van der Waals surface area contributed by atoms with E-state index in [4.69, 9.17) is 0 Å². The molecule has 12 rings (SSSR count). The zero-order valence-corrected chi connectivity index (χ0v) is 31.0. The maximum Gasteiger partial charge on any atom is 0.0361 e. The lowest BCUT2D eigenvalue weighted by molar-refractivity contribution is 1.06. The Morgan fingerprint density at radius 2 is 0.981 bits per heavy atom. The minimum absolute atomic E-state index is 1.07. The molecule has 2 heteroatoms. The molecule has 0 fully saturated rings. The average Bonchev–Trinajstić information content (AvgIpc) is 3.79. The second kappa shape index (κ2) is 11.7. The Labute approximate surface area is 320 Å². The van der Waals surface area contributed by atoms with E-state index in [2.05, 4.69) is 170 Å². The number of thiophene rings is 2. The zero-order valence-electron chi connectivity index (χ0n) is 29.4. The SMILES string of the molecule is C1=CCCC(c2c3ccccc3c(-c3ccc(-c4ccc5sc6cc7ccc8sc9ccccc9c8c7cc6c5c4)c4ccccc34)c3ccccc23)=C1. The summed E-state index contributed by atoms with van der Waals surface area (Å²) in [6.45, 7) is 0. The van der Waals surface area contributed by atoms with Crippen molar-refractivity contribution in [1.29, 1.82) is 0 Å². The first-order valence-electron chi connectivity index (χ1n) is 18.8. The number of hydrogen-bond donors (Lipinski definition) is 0. The molecule has 0 N–H and O–H groups in total.